The molecule has 0 amide bonds. The third-order valence-electron chi connectivity index (χ3n) is 1.13. The highest BCUT2D eigenvalue weighted by molar-refractivity contribution is 5.37. The molecule has 1 rings (SSSR count). The van der Waals surface area contributed by atoms with E-state index in [9.17, 15) is 4.79 Å². The van der Waals surface area contributed by atoms with Gasteiger partial charge >= 0.3 is 0 Å². The van der Waals surface area contributed by atoms with Gasteiger partial charge in [-0.05, 0) is 20.8 Å². The molecule has 0 aromatic carbocycles. The molecule has 0 atom stereocenters. The molecule has 0 saturated heterocycles. The number of carbonyl (C=O) groups is 1. The summed E-state index contributed by atoms with van der Waals surface area (Å²) in [6, 6.07) is 0. The summed E-state index contributed by atoms with van der Waals surface area (Å²) in [5.74, 6) is 0. The van der Waals surface area contributed by atoms with Gasteiger partial charge in [-0.1, -0.05) is 0 Å². The zero-order valence-electron chi connectivity index (χ0n) is 8.65. The highest BCUT2D eigenvalue weighted by atomic mass is 16.5. The van der Waals surface area contributed by atoms with Crippen LogP contribution in [0.5, 0.6) is 0 Å². The van der Waals surface area contributed by atoms with Crippen LogP contribution < -0.4 is 0 Å². The van der Waals surface area contributed by atoms with E-state index < -0.39 is 0 Å². The molecule has 1 aromatic heterocycles. The number of rotatable bonds is 2. The summed E-state index contributed by atoms with van der Waals surface area (Å²) in [4.78, 5) is 16.0. The van der Waals surface area contributed by atoms with Crippen LogP contribution in [0.4, 0.5) is 0 Å². The predicted molar refractivity (Wildman–Crippen MR) is 51.4 cm³/mol. The van der Waals surface area contributed by atoms with E-state index in [1.807, 2.05) is 20.8 Å². The van der Waals surface area contributed by atoms with Gasteiger partial charge in [-0.15, -0.1) is 0 Å². The van der Waals surface area contributed by atoms with E-state index in [0.717, 1.165) is 5.69 Å². The Kier molecular flexibility index (Phi) is 5.55. The molecular weight excluding hydrogens is 184 g/mol. The number of hydrogen-bond donors (Lipinski definition) is 2. The summed E-state index contributed by atoms with van der Waals surface area (Å²) in [5, 5.41) is 8.36. The number of ether oxygens (including phenoxy) is 1. The maximum Gasteiger partial charge on any atom is 0.293 e. The Bertz CT molecular complexity index is 239. The minimum atomic E-state index is -0.318. The quantitative estimate of drug-likeness (QED) is 0.694. The highest BCUT2D eigenvalue weighted by Crippen LogP contribution is 2.02. The van der Waals surface area contributed by atoms with Crippen LogP contribution in [0.25, 0.3) is 0 Å². The summed E-state index contributed by atoms with van der Waals surface area (Å²) < 4.78 is 4.55. The number of nitrogens with zero attached hydrogens (tertiary/aromatic N) is 1. The number of imidazole rings is 1. The SMILES string of the molecule is CC(C)(C)OC=O.OCc1cnc[nH]1. The molecule has 1 heterocycles. The number of aromatic nitrogens is 2. The summed E-state index contributed by atoms with van der Waals surface area (Å²) in [7, 11) is 0. The molecule has 0 aliphatic carbocycles. The van der Waals surface area contributed by atoms with Crippen molar-refractivity contribution in [3.05, 3.63) is 18.2 Å². The first-order valence-electron chi connectivity index (χ1n) is 4.19. The standard InChI is InChI=1S/C5H10O2.C4H6N2O/c1-5(2,3)7-4-6;7-2-4-1-5-3-6-4/h4H,1-3H3;1,3,7H,2H2,(H,5,6). The van der Waals surface area contributed by atoms with Gasteiger partial charge in [0.1, 0.15) is 5.60 Å². The third kappa shape index (κ3) is 7.30. The Labute approximate surface area is 83.1 Å². The summed E-state index contributed by atoms with van der Waals surface area (Å²) in [6.07, 6.45) is 3.12. The summed E-state index contributed by atoms with van der Waals surface area (Å²) in [6.45, 7) is 5.96. The van der Waals surface area contributed by atoms with Crippen molar-refractivity contribution in [2.45, 2.75) is 33.0 Å². The van der Waals surface area contributed by atoms with E-state index in [2.05, 4.69) is 14.7 Å². The lowest BCUT2D eigenvalue weighted by Crippen LogP contribution is -2.17. The maximum atomic E-state index is 9.60. The van der Waals surface area contributed by atoms with Gasteiger partial charge in [0.25, 0.3) is 6.47 Å². The van der Waals surface area contributed by atoms with Crippen molar-refractivity contribution in [3.63, 3.8) is 0 Å². The lowest BCUT2D eigenvalue weighted by molar-refractivity contribution is -0.138. The molecule has 0 spiro atoms. The van der Waals surface area contributed by atoms with Crippen molar-refractivity contribution < 1.29 is 14.6 Å². The van der Waals surface area contributed by atoms with Crippen molar-refractivity contribution in [3.8, 4) is 0 Å². The summed E-state index contributed by atoms with van der Waals surface area (Å²) >= 11 is 0. The maximum absolute atomic E-state index is 9.60. The van der Waals surface area contributed by atoms with E-state index >= 15 is 0 Å². The number of aliphatic hydroxyl groups excluding tert-OH is 1. The molecule has 0 fully saturated rings. The van der Waals surface area contributed by atoms with Crippen molar-refractivity contribution >= 4 is 6.47 Å². The monoisotopic (exact) mass is 200 g/mol. The Morgan fingerprint density at radius 1 is 1.64 bits per heavy atom. The molecule has 0 bridgehead atoms. The van der Waals surface area contributed by atoms with E-state index in [-0.39, 0.29) is 12.2 Å². The van der Waals surface area contributed by atoms with Gasteiger partial charge in [-0.2, -0.15) is 0 Å². The molecule has 2 N–H and O–H groups in total. The van der Waals surface area contributed by atoms with Gasteiger partial charge in [0.05, 0.1) is 24.8 Å². The molecule has 0 saturated carbocycles. The molecule has 0 unspecified atom stereocenters. The average Bonchev–Trinajstić information content (AvgIpc) is 2.54. The zero-order chi connectivity index (χ0) is 11.0. The second kappa shape index (κ2) is 6.15. The second-order valence-corrected chi connectivity index (χ2v) is 3.56. The van der Waals surface area contributed by atoms with Gasteiger partial charge in [0.15, 0.2) is 0 Å². The normalized spacial score (nSPS) is 10.0. The fraction of sp³-hybridized carbons (Fsp3) is 0.556. The first-order valence-corrected chi connectivity index (χ1v) is 4.19. The zero-order valence-corrected chi connectivity index (χ0v) is 8.65. The molecule has 14 heavy (non-hydrogen) atoms. The van der Waals surface area contributed by atoms with E-state index in [4.69, 9.17) is 5.11 Å². The van der Waals surface area contributed by atoms with Crippen LogP contribution >= 0.6 is 0 Å². The molecule has 0 radical (unpaired) electrons. The van der Waals surface area contributed by atoms with Crippen molar-refractivity contribution in [2.75, 3.05) is 0 Å². The Hall–Kier alpha value is -1.36. The van der Waals surface area contributed by atoms with Gasteiger partial charge in [-0.25, -0.2) is 4.98 Å². The highest BCUT2D eigenvalue weighted by Gasteiger charge is 2.07. The molecular formula is C9H16N2O3. The Morgan fingerprint density at radius 2 is 2.29 bits per heavy atom. The van der Waals surface area contributed by atoms with Crippen molar-refractivity contribution in [1.82, 2.24) is 9.97 Å². The van der Waals surface area contributed by atoms with Crippen molar-refractivity contribution in [1.29, 1.82) is 0 Å². The van der Waals surface area contributed by atoms with Crippen LogP contribution in [0, 0.1) is 0 Å². The number of aliphatic hydroxyl groups is 1. The van der Waals surface area contributed by atoms with Crippen LogP contribution in [0.1, 0.15) is 26.5 Å². The molecule has 5 heteroatoms. The molecule has 0 aliphatic rings. The number of aromatic amines is 1. The van der Waals surface area contributed by atoms with E-state index in [0.29, 0.717) is 6.47 Å². The summed E-state index contributed by atoms with van der Waals surface area (Å²) in [5.41, 5.74) is 0.432. The molecule has 1 aromatic rings. The van der Waals surface area contributed by atoms with Gasteiger partial charge in [0, 0.05) is 0 Å². The largest absolute Gasteiger partial charge is 0.462 e. The molecule has 0 aliphatic heterocycles. The van der Waals surface area contributed by atoms with Crippen LogP contribution in [-0.4, -0.2) is 27.1 Å². The van der Waals surface area contributed by atoms with Crippen LogP contribution in [0.3, 0.4) is 0 Å². The minimum absolute atomic E-state index is 0.0417. The lowest BCUT2D eigenvalue weighted by atomic mass is 10.2. The smallest absolute Gasteiger partial charge is 0.293 e. The fourth-order valence-electron chi connectivity index (χ4n) is 0.515. The second-order valence-electron chi connectivity index (χ2n) is 3.56. The first-order chi connectivity index (χ1) is 6.49. The van der Waals surface area contributed by atoms with Crippen LogP contribution in [0.2, 0.25) is 0 Å². The van der Waals surface area contributed by atoms with Crippen LogP contribution in [0.15, 0.2) is 12.5 Å². The minimum Gasteiger partial charge on any atom is -0.462 e. The van der Waals surface area contributed by atoms with Gasteiger partial charge in [-0.3, -0.25) is 4.79 Å². The number of H-pyrrole nitrogens is 1. The average molecular weight is 200 g/mol. The number of hydrogen-bond acceptors (Lipinski definition) is 4. The van der Waals surface area contributed by atoms with Crippen LogP contribution in [-0.2, 0) is 16.1 Å². The third-order valence-corrected chi connectivity index (χ3v) is 1.13. The lowest BCUT2D eigenvalue weighted by Gasteiger charge is -2.14. The Balaban J connectivity index is 0.000000241. The predicted octanol–water partition coefficient (Wildman–Crippen LogP) is 0.860. The number of nitrogens with one attached hydrogen (secondary N) is 1. The first kappa shape index (κ1) is 12.6. The molecule has 5 nitrogen and oxygen atoms in total. The van der Waals surface area contributed by atoms with E-state index in [1.54, 1.807) is 6.20 Å². The fourth-order valence-corrected chi connectivity index (χ4v) is 0.515. The Morgan fingerprint density at radius 3 is 2.43 bits per heavy atom. The number of carbonyl (C=O) groups excluding carboxylic acids is 1. The van der Waals surface area contributed by atoms with Gasteiger partial charge < -0.3 is 14.8 Å². The van der Waals surface area contributed by atoms with Crippen molar-refractivity contribution in [2.24, 2.45) is 0 Å². The van der Waals surface area contributed by atoms with Gasteiger partial charge in [0.2, 0.25) is 0 Å². The molecule has 80 valence electrons. The topological polar surface area (TPSA) is 75.2 Å². The van der Waals surface area contributed by atoms with E-state index in [1.165, 1.54) is 6.33 Å².